The van der Waals surface area contributed by atoms with E-state index >= 15 is 0 Å². The quantitative estimate of drug-likeness (QED) is 0.518. The van der Waals surface area contributed by atoms with Gasteiger partial charge in [-0.05, 0) is 18.3 Å². The average molecular weight is 308 g/mol. The number of nitrogens with zero attached hydrogens (tertiary/aromatic N) is 2. The monoisotopic (exact) mass is 308 g/mol. The Morgan fingerprint density at radius 1 is 1.15 bits per heavy atom. The summed E-state index contributed by atoms with van der Waals surface area (Å²) >= 11 is 0. The van der Waals surface area contributed by atoms with Gasteiger partial charge in [-0.15, -0.1) is 12.1 Å². The summed E-state index contributed by atoms with van der Waals surface area (Å²) in [5.74, 6) is 1.16. The zero-order chi connectivity index (χ0) is 13.3. The van der Waals surface area contributed by atoms with Crippen molar-refractivity contribution in [3.8, 4) is 5.69 Å². The fraction of sp³-hybridized carbons (Fsp3) is 0.235. The van der Waals surface area contributed by atoms with Gasteiger partial charge >= 0.3 is 17.1 Å². The van der Waals surface area contributed by atoms with Crippen LogP contribution in [-0.2, 0) is 23.5 Å². The number of hydrogen-bond donors (Lipinski definition) is 0. The molecule has 3 aromatic rings. The summed E-state index contributed by atoms with van der Waals surface area (Å²) in [5, 5.41) is 0. The van der Waals surface area contributed by atoms with E-state index < -0.39 is 0 Å². The van der Waals surface area contributed by atoms with Crippen LogP contribution in [0.3, 0.4) is 0 Å². The van der Waals surface area contributed by atoms with E-state index in [9.17, 15) is 0 Å². The van der Waals surface area contributed by atoms with Gasteiger partial charge in [0.05, 0.1) is 0 Å². The second kappa shape index (κ2) is 9.35. The van der Waals surface area contributed by atoms with Gasteiger partial charge in [0.2, 0.25) is 0 Å². The Labute approximate surface area is 131 Å². The van der Waals surface area contributed by atoms with Crippen molar-refractivity contribution >= 4 is 0 Å². The molecule has 0 amide bonds. The molecule has 2 aromatic carbocycles. The average Bonchev–Trinajstić information content (AvgIpc) is 3.17. The smallest absolute Gasteiger partial charge is 0.400 e. The van der Waals surface area contributed by atoms with Crippen molar-refractivity contribution in [3.05, 3.63) is 72.8 Å². The summed E-state index contributed by atoms with van der Waals surface area (Å²) in [5.41, 5.74) is 1.22. The Morgan fingerprint density at radius 2 is 1.85 bits per heavy atom. The minimum absolute atomic E-state index is 0. The topological polar surface area (TPSA) is 17.8 Å². The van der Waals surface area contributed by atoms with Crippen LogP contribution in [0.15, 0.2) is 67.0 Å². The van der Waals surface area contributed by atoms with Gasteiger partial charge in [0.25, 0.3) is 0 Å². The third-order valence-corrected chi connectivity index (χ3v) is 2.95. The third-order valence-electron chi connectivity index (χ3n) is 2.95. The van der Waals surface area contributed by atoms with Crippen LogP contribution in [0.5, 0.6) is 0 Å². The number of unbranched alkanes of at least 4 members (excludes halogenated alkanes) is 1. The van der Waals surface area contributed by atoms with E-state index in [0.717, 1.165) is 12.2 Å². The summed E-state index contributed by atoms with van der Waals surface area (Å²) in [6, 6.07) is 18.3. The molecule has 0 bridgehead atoms. The minimum atomic E-state index is 0. The molecular formula is C17H20FeN2. The van der Waals surface area contributed by atoms with Crippen LogP contribution >= 0.6 is 0 Å². The first-order valence-corrected chi connectivity index (χ1v) is 6.83. The fourth-order valence-electron chi connectivity index (χ4n) is 1.93. The molecule has 106 valence electrons. The molecule has 20 heavy (non-hydrogen) atoms. The molecule has 3 heteroatoms. The Morgan fingerprint density at radius 3 is 2.40 bits per heavy atom. The first-order chi connectivity index (χ1) is 9.42. The van der Waals surface area contributed by atoms with Crippen LogP contribution in [0.1, 0.15) is 25.6 Å². The van der Waals surface area contributed by atoms with Gasteiger partial charge in [-0.2, -0.15) is 30.3 Å². The molecule has 0 N–H and O–H groups in total. The van der Waals surface area contributed by atoms with Crippen molar-refractivity contribution < 1.29 is 17.1 Å². The summed E-state index contributed by atoms with van der Waals surface area (Å²) < 4.78 is 2.16. The normalized spacial score (nSPS) is 9.45. The molecule has 0 spiro atoms. The number of rotatable bonds is 4. The van der Waals surface area contributed by atoms with E-state index in [-0.39, 0.29) is 17.1 Å². The van der Waals surface area contributed by atoms with Crippen molar-refractivity contribution in [1.29, 1.82) is 0 Å². The maximum atomic E-state index is 4.37. The van der Waals surface area contributed by atoms with Crippen molar-refractivity contribution in [2.75, 3.05) is 0 Å². The SMILES string of the molecule is CCCCc1nccn1-[c-]1cccc1.[Fe+2].c1cc[cH-]c1. The molecule has 0 radical (unpaired) electrons. The fourth-order valence-corrected chi connectivity index (χ4v) is 1.93. The molecule has 1 aromatic heterocycles. The molecule has 0 saturated carbocycles. The summed E-state index contributed by atoms with van der Waals surface area (Å²) in [4.78, 5) is 4.37. The molecule has 0 saturated heterocycles. The van der Waals surface area contributed by atoms with E-state index in [0.29, 0.717) is 0 Å². The van der Waals surface area contributed by atoms with Crippen LogP contribution in [-0.4, -0.2) is 9.55 Å². The van der Waals surface area contributed by atoms with E-state index in [1.165, 1.54) is 18.5 Å². The van der Waals surface area contributed by atoms with E-state index in [1.807, 2.05) is 42.7 Å². The molecule has 0 aliphatic rings. The predicted molar refractivity (Wildman–Crippen MR) is 79.8 cm³/mol. The Kier molecular flexibility index (Phi) is 7.71. The Bertz CT molecular complexity index is 518. The largest absolute Gasteiger partial charge is 2.00 e. The Hall–Kier alpha value is -1.57. The molecule has 0 aliphatic carbocycles. The van der Waals surface area contributed by atoms with Gasteiger partial charge in [0, 0.05) is 12.0 Å². The minimum Gasteiger partial charge on any atom is -0.400 e. The van der Waals surface area contributed by atoms with Crippen LogP contribution < -0.4 is 0 Å². The van der Waals surface area contributed by atoms with Crippen LogP contribution in [0.4, 0.5) is 0 Å². The zero-order valence-electron chi connectivity index (χ0n) is 11.7. The number of hydrogen-bond acceptors (Lipinski definition) is 1. The van der Waals surface area contributed by atoms with Crippen molar-refractivity contribution in [3.63, 3.8) is 0 Å². The first kappa shape index (κ1) is 16.5. The van der Waals surface area contributed by atoms with Gasteiger partial charge in [0.1, 0.15) is 0 Å². The van der Waals surface area contributed by atoms with Gasteiger partial charge in [-0.25, -0.2) is 12.1 Å². The van der Waals surface area contributed by atoms with Crippen molar-refractivity contribution in [2.45, 2.75) is 26.2 Å². The molecule has 2 nitrogen and oxygen atoms in total. The van der Waals surface area contributed by atoms with E-state index in [1.54, 1.807) is 0 Å². The van der Waals surface area contributed by atoms with Gasteiger partial charge < -0.3 is 4.57 Å². The third kappa shape index (κ3) is 4.84. The standard InChI is InChI=1S/C12H15N2.C5H5.Fe/c1-2-3-8-12-13-9-10-14(12)11-6-4-5-7-11;1-2-4-5-3-1;/h4-7,9-10H,2-3,8H2,1H3;1-5H;/q2*-1;+2. The van der Waals surface area contributed by atoms with Crippen molar-refractivity contribution in [1.82, 2.24) is 9.55 Å². The predicted octanol–water partition coefficient (Wildman–Crippen LogP) is 4.34. The molecular weight excluding hydrogens is 288 g/mol. The number of aromatic nitrogens is 2. The number of imidazole rings is 1. The van der Waals surface area contributed by atoms with Gasteiger partial charge in [0.15, 0.2) is 0 Å². The van der Waals surface area contributed by atoms with E-state index in [2.05, 4.69) is 40.7 Å². The van der Waals surface area contributed by atoms with Crippen LogP contribution in [0.25, 0.3) is 5.69 Å². The van der Waals surface area contributed by atoms with E-state index in [4.69, 9.17) is 0 Å². The molecule has 0 aliphatic heterocycles. The van der Waals surface area contributed by atoms with Crippen LogP contribution in [0, 0.1) is 0 Å². The second-order valence-electron chi connectivity index (χ2n) is 4.42. The Balaban J connectivity index is 0.000000283. The van der Waals surface area contributed by atoms with Gasteiger partial charge in [-0.3, -0.25) is 4.98 Å². The second-order valence-corrected chi connectivity index (χ2v) is 4.42. The molecule has 3 rings (SSSR count). The maximum absolute atomic E-state index is 4.37. The zero-order valence-corrected chi connectivity index (χ0v) is 12.8. The van der Waals surface area contributed by atoms with Crippen molar-refractivity contribution in [2.24, 2.45) is 0 Å². The van der Waals surface area contributed by atoms with Gasteiger partial charge in [-0.1, -0.05) is 19.8 Å². The summed E-state index contributed by atoms with van der Waals surface area (Å²) in [6.07, 6.45) is 7.39. The summed E-state index contributed by atoms with van der Waals surface area (Å²) in [6.45, 7) is 2.20. The molecule has 1 heterocycles. The summed E-state index contributed by atoms with van der Waals surface area (Å²) in [7, 11) is 0. The molecule has 0 unspecified atom stereocenters. The maximum Gasteiger partial charge on any atom is 2.00 e. The molecule has 0 fully saturated rings. The molecule has 0 atom stereocenters. The number of aryl methyl sites for hydroxylation is 1. The van der Waals surface area contributed by atoms with Crippen LogP contribution in [0.2, 0.25) is 0 Å². The first-order valence-electron chi connectivity index (χ1n) is 6.83.